The Morgan fingerprint density at radius 2 is 1.79 bits per heavy atom. The number of carbonyl (C=O) groups excluding carboxylic acids is 1. The fraction of sp³-hybridized carbons (Fsp3) is 0.158. The van der Waals surface area contributed by atoms with Crippen LogP contribution in [0.4, 0.5) is 0 Å². The lowest BCUT2D eigenvalue weighted by Gasteiger charge is -2.08. The molecule has 0 atom stereocenters. The minimum Gasteiger partial charge on any atom is -0.497 e. The monoisotopic (exact) mass is 324 g/mol. The number of ether oxygens (including phenoxy) is 2. The van der Waals surface area contributed by atoms with Crippen molar-refractivity contribution in [3.05, 3.63) is 69.6 Å². The van der Waals surface area contributed by atoms with Crippen LogP contribution in [0.5, 0.6) is 11.5 Å². The van der Waals surface area contributed by atoms with E-state index in [0.29, 0.717) is 28.2 Å². The summed E-state index contributed by atoms with van der Waals surface area (Å²) >= 11 is 0. The van der Waals surface area contributed by atoms with Crippen LogP contribution >= 0.6 is 0 Å². The number of methoxy groups -OCH3 is 1. The Kier molecular flexibility index (Phi) is 4.08. The molecule has 5 heteroatoms. The van der Waals surface area contributed by atoms with E-state index in [1.165, 1.54) is 7.11 Å². The molecule has 0 saturated heterocycles. The fourth-order valence-electron chi connectivity index (χ4n) is 2.41. The first-order valence-electron chi connectivity index (χ1n) is 7.40. The van der Waals surface area contributed by atoms with E-state index >= 15 is 0 Å². The van der Waals surface area contributed by atoms with E-state index in [1.54, 1.807) is 49.4 Å². The van der Waals surface area contributed by atoms with Gasteiger partial charge in [-0.2, -0.15) is 0 Å². The average molecular weight is 324 g/mol. The van der Waals surface area contributed by atoms with Gasteiger partial charge in [-0.1, -0.05) is 6.07 Å². The highest BCUT2D eigenvalue weighted by molar-refractivity contribution is 5.92. The van der Waals surface area contributed by atoms with Crippen molar-refractivity contribution < 1.29 is 18.7 Å². The first-order valence-corrected chi connectivity index (χ1v) is 7.40. The highest BCUT2D eigenvalue weighted by Crippen LogP contribution is 2.24. The molecule has 0 amide bonds. The normalized spacial score (nSPS) is 10.6. The van der Waals surface area contributed by atoms with Crippen LogP contribution in [0.3, 0.4) is 0 Å². The molecule has 0 spiro atoms. The van der Waals surface area contributed by atoms with E-state index in [-0.39, 0.29) is 0 Å². The lowest BCUT2D eigenvalue weighted by Crippen LogP contribution is -2.09. The fourth-order valence-corrected chi connectivity index (χ4v) is 2.41. The molecule has 122 valence electrons. The standard InChI is InChI=1S/C19H16O5/c1-11-12(2)18(20)24-17-10-15(7-8-16(11)17)23-19(21)13-5-4-6-14(9-13)22-3/h4-10H,1-3H3. The van der Waals surface area contributed by atoms with Crippen molar-refractivity contribution in [3.8, 4) is 11.5 Å². The lowest BCUT2D eigenvalue weighted by atomic mass is 10.1. The van der Waals surface area contributed by atoms with Crippen molar-refractivity contribution >= 4 is 16.9 Å². The summed E-state index contributed by atoms with van der Waals surface area (Å²) in [4.78, 5) is 24.0. The molecule has 0 aliphatic rings. The van der Waals surface area contributed by atoms with Crippen LogP contribution in [-0.2, 0) is 0 Å². The van der Waals surface area contributed by atoms with E-state index in [4.69, 9.17) is 13.9 Å². The van der Waals surface area contributed by atoms with E-state index in [9.17, 15) is 9.59 Å². The molecule has 2 aromatic carbocycles. The molecule has 0 bridgehead atoms. The minimum absolute atomic E-state index is 0.307. The second-order valence-corrected chi connectivity index (χ2v) is 5.42. The molecule has 3 aromatic rings. The number of hydrogen-bond donors (Lipinski definition) is 0. The van der Waals surface area contributed by atoms with Crippen LogP contribution in [-0.4, -0.2) is 13.1 Å². The third-order valence-corrected chi connectivity index (χ3v) is 3.94. The SMILES string of the molecule is COc1cccc(C(=O)Oc2ccc3c(C)c(C)c(=O)oc3c2)c1. The second-order valence-electron chi connectivity index (χ2n) is 5.42. The van der Waals surface area contributed by atoms with Crippen LogP contribution in [0.1, 0.15) is 21.5 Å². The summed E-state index contributed by atoms with van der Waals surface area (Å²) in [6, 6.07) is 11.7. The zero-order chi connectivity index (χ0) is 17.3. The first kappa shape index (κ1) is 15.8. The summed E-state index contributed by atoms with van der Waals surface area (Å²) in [5.41, 5.74) is 1.79. The van der Waals surface area contributed by atoms with Gasteiger partial charge in [-0.15, -0.1) is 0 Å². The van der Waals surface area contributed by atoms with Gasteiger partial charge in [-0.3, -0.25) is 0 Å². The van der Waals surface area contributed by atoms with E-state index in [2.05, 4.69) is 0 Å². The molecule has 0 unspecified atom stereocenters. The smallest absolute Gasteiger partial charge is 0.343 e. The highest BCUT2D eigenvalue weighted by atomic mass is 16.5. The summed E-state index contributed by atoms with van der Waals surface area (Å²) in [6.07, 6.45) is 0. The minimum atomic E-state index is -0.514. The van der Waals surface area contributed by atoms with Crippen molar-refractivity contribution in [3.63, 3.8) is 0 Å². The summed E-state index contributed by atoms with van der Waals surface area (Å²) in [5.74, 6) is 0.362. The molecule has 0 radical (unpaired) electrons. The largest absolute Gasteiger partial charge is 0.497 e. The van der Waals surface area contributed by atoms with Gasteiger partial charge >= 0.3 is 11.6 Å². The van der Waals surface area contributed by atoms with Gasteiger partial charge in [0, 0.05) is 17.0 Å². The van der Waals surface area contributed by atoms with Crippen LogP contribution in [0.15, 0.2) is 51.7 Å². The molecule has 0 aliphatic carbocycles. The summed E-state index contributed by atoms with van der Waals surface area (Å²) in [7, 11) is 1.53. The van der Waals surface area contributed by atoms with Crippen LogP contribution < -0.4 is 15.1 Å². The van der Waals surface area contributed by atoms with Gasteiger partial charge < -0.3 is 13.9 Å². The van der Waals surface area contributed by atoms with Crippen molar-refractivity contribution in [2.75, 3.05) is 7.11 Å². The molecule has 3 rings (SSSR count). The molecule has 24 heavy (non-hydrogen) atoms. The third-order valence-electron chi connectivity index (χ3n) is 3.94. The average Bonchev–Trinajstić information content (AvgIpc) is 2.59. The van der Waals surface area contributed by atoms with Gasteiger partial charge in [0.1, 0.15) is 17.1 Å². The van der Waals surface area contributed by atoms with Gasteiger partial charge in [-0.25, -0.2) is 9.59 Å². The van der Waals surface area contributed by atoms with Crippen LogP contribution in [0.2, 0.25) is 0 Å². The first-order chi connectivity index (χ1) is 11.5. The Balaban J connectivity index is 1.94. The number of rotatable bonds is 3. The van der Waals surface area contributed by atoms with Crippen LogP contribution in [0, 0.1) is 13.8 Å². The van der Waals surface area contributed by atoms with Gasteiger partial charge in [0.25, 0.3) is 0 Å². The maximum atomic E-state index is 12.2. The number of carbonyl (C=O) groups is 1. The molecule has 0 fully saturated rings. The number of esters is 1. The topological polar surface area (TPSA) is 65.7 Å². The maximum absolute atomic E-state index is 12.2. The van der Waals surface area contributed by atoms with Gasteiger partial charge in [0.15, 0.2) is 0 Å². The third kappa shape index (κ3) is 2.88. The maximum Gasteiger partial charge on any atom is 0.343 e. The van der Waals surface area contributed by atoms with E-state index < -0.39 is 11.6 Å². The number of fused-ring (bicyclic) bond motifs is 1. The Hall–Kier alpha value is -3.08. The number of hydrogen-bond acceptors (Lipinski definition) is 5. The van der Waals surface area contributed by atoms with Crippen LogP contribution in [0.25, 0.3) is 11.0 Å². The summed E-state index contributed by atoms with van der Waals surface area (Å²) in [6.45, 7) is 3.58. The zero-order valence-corrected chi connectivity index (χ0v) is 13.6. The Labute approximate surface area is 138 Å². The van der Waals surface area contributed by atoms with Gasteiger partial charge in [0.05, 0.1) is 12.7 Å². The lowest BCUT2D eigenvalue weighted by molar-refractivity contribution is 0.0734. The Bertz CT molecular complexity index is 985. The molecule has 1 heterocycles. The molecule has 0 saturated carbocycles. The van der Waals surface area contributed by atoms with Gasteiger partial charge in [0.2, 0.25) is 0 Å². The molecular weight excluding hydrogens is 308 g/mol. The number of benzene rings is 2. The molecule has 0 aliphatic heterocycles. The molecule has 0 N–H and O–H groups in total. The highest BCUT2D eigenvalue weighted by Gasteiger charge is 2.12. The summed E-state index contributed by atoms with van der Waals surface area (Å²) in [5, 5.41) is 0.813. The van der Waals surface area contributed by atoms with E-state index in [1.807, 2.05) is 6.92 Å². The molecule has 5 nitrogen and oxygen atoms in total. The molecular formula is C19H16O5. The predicted octanol–water partition coefficient (Wildman–Crippen LogP) is 3.64. The second kappa shape index (κ2) is 6.20. The van der Waals surface area contributed by atoms with Crippen molar-refractivity contribution in [1.29, 1.82) is 0 Å². The van der Waals surface area contributed by atoms with Crippen molar-refractivity contribution in [2.45, 2.75) is 13.8 Å². The summed E-state index contributed by atoms with van der Waals surface area (Å²) < 4.78 is 15.7. The van der Waals surface area contributed by atoms with Crippen molar-refractivity contribution in [2.24, 2.45) is 0 Å². The van der Waals surface area contributed by atoms with Crippen molar-refractivity contribution in [1.82, 2.24) is 0 Å². The zero-order valence-electron chi connectivity index (χ0n) is 13.6. The number of aryl methyl sites for hydroxylation is 1. The Morgan fingerprint density at radius 1 is 1.00 bits per heavy atom. The van der Waals surface area contributed by atoms with Gasteiger partial charge in [-0.05, 0) is 49.7 Å². The predicted molar refractivity (Wildman–Crippen MR) is 89.9 cm³/mol. The molecule has 1 aromatic heterocycles. The quantitative estimate of drug-likeness (QED) is 0.418. The Morgan fingerprint density at radius 3 is 2.54 bits per heavy atom. The van der Waals surface area contributed by atoms with E-state index in [0.717, 1.165) is 10.9 Å².